The fourth-order valence-electron chi connectivity index (χ4n) is 1.44. The molecule has 0 saturated heterocycles. The molecule has 70 valence electrons. The van der Waals surface area contributed by atoms with Crippen LogP contribution in [0.5, 0.6) is 0 Å². The van der Waals surface area contributed by atoms with Gasteiger partial charge in [-0.05, 0) is 38.8 Å². The molecule has 0 heterocycles. The first-order chi connectivity index (χ1) is 6.11. The molecule has 0 amide bonds. The largest absolute Gasteiger partial charge is 0.287 e. The van der Waals surface area contributed by atoms with Crippen molar-refractivity contribution >= 4 is 5.71 Å². The second-order valence-electron chi connectivity index (χ2n) is 3.62. The summed E-state index contributed by atoms with van der Waals surface area (Å²) in [6, 6.07) is 8.73. The Bertz CT molecular complexity index is 311. The van der Waals surface area contributed by atoms with Gasteiger partial charge in [0, 0.05) is 11.8 Å². The highest BCUT2D eigenvalue weighted by atomic mass is 14.8. The van der Waals surface area contributed by atoms with Crippen LogP contribution in [-0.4, -0.2) is 11.8 Å². The van der Waals surface area contributed by atoms with Crippen LogP contribution in [0.2, 0.25) is 0 Å². The number of hydrogen-bond donors (Lipinski definition) is 0. The molecule has 1 aromatic carbocycles. The lowest BCUT2D eigenvalue weighted by Gasteiger charge is -2.06. The molecule has 0 aromatic heterocycles. The van der Waals surface area contributed by atoms with E-state index >= 15 is 0 Å². The van der Waals surface area contributed by atoms with Crippen LogP contribution in [0.1, 0.15) is 31.9 Å². The van der Waals surface area contributed by atoms with Crippen molar-refractivity contribution in [1.29, 1.82) is 0 Å². The number of aliphatic imine (C=N–C) groups is 1. The van der Waals surface area contributed by atoms with Gasteiger partial charge in [0.1, 0.15) is 0 Å². The van der Waals surface area contributed by atoms with Gasteiger partial charge in [0.25, 0.3) is 0 Å². The van der Waals surface area contributed by atoms with Crippen molar-refractivity contribution in [3.05, 3.63) is 35.4 Å². The molecule has 0 radical (unpaired) electrons. The Labute approximate surface area is 80.5 Å². The van der Waals surface area contributed by atoms with Gasteiger partial charge < -0.3 is 0 Å². The van der Waals surface area contributed by atoms with Gasteiger partial charge in [-0.25, -0.2) is 0 Å². The molecule has 0 aliphatic rings. The van der Waals surface area contributed by atoms with E-state index in [1.54, 1.807) is 0 Å². The molecule has 0 unspecified atom stereocenters. The summed E-state index contributed by atoms with van der Waals surface area (Å²) in [5.41, 5.74) is 3.69. The van der Waals surface area contributed by atoms with Gasteiger partial charge in [-0.2, -0.15) is 0 Å². The number of rotatable bonds is 2. The van der Waals surface area contributed by atoms with Crippen LogP contribution in [0.3, 0.4) is 0 Å². The molecule has 0 spiro atoms. The lowest BCUT2D eigenvalue weighted by atomic mass is 10.1. The molecule has 13 heavy (non-hydrogen) atoms. The molecular formula is C12H17N. The van der Waals surface area contributed by atoms with Gasteiger partial charge in [0.2, 0.25) is 0 Å². The number of benzene rings is 1. The zero-order valence-corrected chi connectivity index (χ0v) is 8.83. The first-order valence-corrected chi connectivity index (χ1v) is 4.71. The third-order valence-corrected chi connectivity index (χ3v) is 1.99. The van der Waals surface area contributed by atoms with Crippen molar-refractivity contribution in [3.63, 3.8) is 0 Å². The molecule has 0 atom stereocenters. The summed E-state index contributed by atoms with van der Waals surface area (Å²) in [5, 5.41) is 0. The third kappa shape index (κ3) is 2.69. The van der Waals surface area contributed by atoms with Crippen molar-refractivity contribution in [2.75, 3.05) is 0 Å². The lowest BCUT2D eigenvalue weighted by Crippen LogP contribution is -2.01. The average molecular weight is 175 g/mol. The molecule has 0 aliphatic carbocycles. The zero-order chi connectivity index (χ0) is 9.84. The number of hydrogen-bond acceptors (Lipinski definition) is 1. The number of nitrogens with zero attached hydrogens (tertiary/aromatic N) is 1. The highest BCUT2D eigenvalue weighted by molar-refractivity contribution is 6.00. The zero-order valence-electron chi connectivity index (χ0n) is 8.83. The molecule has 0 aliphatic heterocycles. The molecule has 0 saturated carbocycles. The predicted octanol–water partition coefficient (Wildman–Crippen LogP) is 3.21. The molecule has 1 heteroatoms. The maximum Gasteiger partial charge on any atom is 0.0446 e. The highest BCUT2D eigenvalue weighted by Crippen LogP contribution is 2.09. The Morgan fingerprint density at radius 2 is 1.85 bits per heavy atom. The molecule has 1 rings (SSSR count). The van der Waals surface area contributed by atoms with Crippen molar-refractivity contribution in [2.24, 2.45) is 4.99 Å². The van der Waals surface area contributed by atoms with Gasteiger partial charge in [0.05, 0.1) is 0 Å². The Morgan fingerprint density at radius 1 is 1.23 bits per heavy atom. The van der Waals surface area contributed by atoms with E-state index in [9.17, 15) is 0 Å². The lowest BCUT2D eigenvalue weighted by molar-refractivity contribution is 0.835. The van der Waals surface area contributed by atoms with Gasteiger partial charge in [0.15, 0.2) is 0 Å². The summed E-state index contributed by atoms with van der Waals surface area (Å²) in [7, 11) is 0. The Hall–Kier alpha value is -1.11. The molecule has 0 N–H and O–H groups in total. The van der Waals surface area contributed by atoms with Gasteiger partial charge in [-0.15, -0.1) is 0 Å². The third-order valence-electron chi connectivity index (χ3n) is 1.99. The van der Waals surface area contributed by atoms with Crippen LogP contribution >= 0.6 is 0 Å². The van der Waals surface area contributed by atoms with E-state index in [4.69, 9.17) is 0 Å². The number of aryl methyl sites for hydroxylation is 1. The first-order valence-electron chi connectivity index (χ1n) is 4.71. The van der Waals surface area contributed by atoms with Crippen molar-refractivity contribution in [3.8, 4) is 0 Å². The topological polar surface area (TPSA) is 12.4 Å². The van der Waals surface area contributed by atoms with E-state index in [2.05, 4.69) is 57.0 Å². The fraction of sp³-hybridized carbons (Fsp3) is 0.417. The summed E-state index contributed by atoms with van der Waals surface area (Å²) in [4.78, 5) is 4.53. The maximum atomic E-state index is 4.53. The summed E-state index contributed by atoms with van der Waals surface area (Å²) < 4.78 is 0. The van der Waals surface area contributed by atoms with Crippen molar-refractivity contribution < 1.29 is 0 Å². The Morgan fingerprint density at radius 3 is 2.38 bits per heavy atom. The standard InChI is InChI=1S/C12H17N/c1-9(2)13-11(4)12-8-6-5-7-10(12)3/h5-9H,1-4H3. The van der Waals surface area contributed by atoms with E-state index in [0.717, 1.165) is 5.71 Å². The van der Waals surface area contributed by atoms with Gasteiger partial charge >= 0.3 is 0 Å². The molecular weight excluding hydrogens is 158 g/mol. The van der Waals surface area contributed by atoms with Crippen molar-refractivity contribution in [1.82, 2.24) is 0 Å². The van der Waals surface area contributed by atoms with E-state index in [1.807, 2.05) is 0 Å². The van der Waals surface area contributed by atoms with Crippen LogP contribution < -0.4 is 0 Å². The predicted molar refractivity (Wildman–Crippen MR) is 58.5 cm³/mol. The van der Waals surface area contributed by atoms with Crippen LogP contribution in [-0.2, 0) is 0 Å². The quantitative estimate of drug-likeness (QED) is 0.612. The SMILES string of the molecule is CC(=NC(C)C)c1ccccc1C. The van der Waals surface area contributed by atoms with E-state index < -0.39 is 0 Å². The molecule has 0 bridgehead atoms. The van der Waals surface area contributed by atoms with Gasteiger partial charge in [-0.3, -0.25) is 4.99 Å². The minimum atomic E-state index is 0.375. The maximum absolute atomic E-state index is 4.53. The summed E-state index contributed by atoms with van der Waals surface area (Å²) >= 11 is 0. The monoisotopic (exact) mass is 175 g/mol. The van der Waals surface area contributed by atoms with Gasteiger partial charge in [-0.1, -0.05) is 24.3 Å². The van der Waals surface area contributed by atoms with E-state index in [1.165, 1.54) is 11.1 Å². The molecule has 1 nitrogen and oxygen atoms in total. The second kappa shape index (κ2) is 4.22. The smallest absolute Gasteiger partial charge is 0.0446 e. The van der Waals surface area contributed by atoms with Crippen LogP contribution in [0, 0.1) is 6.92 Å². The minimum absolute atomic E-state index is 0.375. The Kier molecular flexibility index (Phi) is 3.24. The van der Waals surface area contributed by atoms with E-state index in [-0.39, 0.29) is 0 Å². The molecule has 1 aromatic rings. The van der Waals surface area contributed by atoms with Crippen LogP contribution in [0.4, 0.5) is 0 Å². The van der Waals surface area contributed by atoms with Crippen LogP contribution in [0.25, 0.3) is 0 Å². The van der Waals surface area contributed by atoms with E-state index in [0.29, 0.717) is 6.04 Å². The first kappa shape index (κ1) is 9.97. The van der Waals surface area contributed by atoms with Crippen molar-refractivity contribution in [2.45, 2.75) is 33.7 Å². The second-order valence-corrected chi connectivity index (χ2v) is 3.62. The average Bonchev–Trinajstić information content (AvgIpc) is 2.03. The highest BCUT2D eigenvalue weighted by Gasteiger charge is 2.00. The van der Waals surface area contributed by atoms with Crippen LogP contribution in [0.15, 0.2) is 29.3 Å². The summed E-state index contributed by atoms with van der Waals surface area (Å²) in [5.74, 6) is 0. The normalized spacial score (nSPS) is 12.2. The summed E-state index contributed by atoms with van der Waals surface area (Å²) in [6.45, 7) is 8.39. The molecule has 0 fully saturated rings. The fourth-order valence-corrected chi connectivity index (χ4v) is 1.44. The minimum Gasteiger partial charge on any atom is -0.287 e. The summed E-state index contributed by atoms with van der Waals surface area (Å²) in [6.07, 6.45) is 0. The Balaban J connectivity index is 3.02.